The number of nitrogens with two attached hydrogens (primary N) is 1. The molecule has 122 valence electrons. The predicted molar refractivity (Wildman–Crippen MR) is 82.4 cm³/mol. The lowest BCUT2D eigenvalue weighted by Crippen LogP contribution is -2.26. The second kappa shape index (κ2) is 7.16. The molecule has 1 heterocycles. The summed E-state index contributed by atoms with van der Waals surface area (Å²) < 4.78 is 27.2. The van der Waals surface area contributed by atoms with Gasteiger partial charge in [0.15, 0.2) is 5.69 Å². The second-order valence-electron chi connectivity index (χ2n) is 4.66. The summed E-state index contributed by atoms with van der Waals surface area (Å²) in [5.41, 5.74) is 1.06. The van der Waals surface area contributed by atoms with Crippen molar-refractivity contribution >= 4 is 15.9 Å². The number of aromatic nitrogens is 2. The Morgan fingerprint density at radius 3 is 2.39 bits per heavy atom. The lowest BCUT2D eigenvalue weighted by atomic mass is 10.1. The van der Waals surface area contributed by atoms with E-state index in [0.29, 0.717) is 18.8 Å². The molecule has 23 heavy (non-hydrogen) atoms. The average Bonchev–Trinajstić information content (AvgIpc) is 2.54. The lowest BCUT2D eigenvalue weighted by molar-refractivity contribution is 0.0948. The maximum absolute atomic E-state index is 11.9. The standard InChI is InChI=1S/C14H16N4O4S/c1-22-13-7-6-12(17-18-13)14(19)16-9-8-10-2-4-11(5-3-10)23(15,20)21/h2-7H,8-9H2,1H3,(H,16,19)(H2,15,20,21). The fourth-order valence-corrected chi connectivity index (χ4v) is 2.32. The summed E-state index contributed by atoms with van der Waals surface area (Å²) >= 11 is 0. The van der Waals surface area contributed by atoms with E-state index in [2.05, 4.69) is 15.5 Å². The fourth-order valence-electron chi connectivity index (χ4n) is 1.81. The SMILES string of the molecule is COc1ccc(C(=O)NCCc2ccc(S(N)(=O)=O)cc2)nn1. The summed E-state index contributed by atoms with van der Waals surface area (Å²) in [5, 5.41) is 15.2. The number of rotatable bonds is 6. The van der Waals surface area contributed by atoms with Gasteiger partial charge in [-0.3, -0.25) is 4.79 Å². The average molecular weight is 336 g/mol. The molecule has 1 amide bonds. The van der Waals surface area contributed by atoms with Crippen molar-refractivity contribution in [2.24, 2.45) is 5.14 Å². The largest absolute Gasteiger partial charge is 0.480 e. The van der Waals surface area contributed by atoms with Gasteiger partial charge >= 0.3 is 0 Å². The molecule has 0 atom stereocenters. The number of benzene rings is 1. The first kappa shape index (κ1) is 16.8. The third-order valence-electron chi connectivity index (χ3n) is 3.03. The maximum Gasteiger partial charge on any atom is 0.271 e. The number of amides is 1. The molecule has 9 heteroatoms. The van der Waals surface area contributed by atoms with Crippen LogP contribution in [0.1, 0.15) is 16.1 Å². The zero-order chi connectivity index (χ0) is 16.9. The van der Waals surface area contributed by atoms with Gasteiger partial charge in [0.2, 0.25) is 15.9 Å². The summed E-state index contributed by atoms with van der Waals surface area (Å²) in [6.45, 7) is 0.376. The first-order valence-corrected chi connectivity index (χ1v) is 8.22. The Kier molecular flexibility index (Phi) is 5.24. The molecule has 0 aliphatic heterocycles. The summed E-state index contributed by atoms with van der Waals surface area (Å²) in [6.07, 6.45) is 0.542. The third kappa shape index (κ3) is 4.73. The molecule has 0 unspecified atom stereocenters. The molecular formula is C14H16N4O4S. The topological polar surface area (TPSA) is 124 Å². The van der Waals surface area contributed by atoms with Gasteiger partial charge in [-0.1, -0.05) is 12.1 Å². The van der Waals surface area contributed by atoms with Gasteiger partial charge in [0.25, 0.3) is 5.91 Å². The summed E-state index contributed by atoms with van der Waals surface area (Å²) in [7, 11) is -2.23. The highest BCUT2D eigenvalue weighted by molar-refractivity contribution is 7.89. The van der Waals surface area contributed by atoms with E-state index in [9.17, 15) is 13.2 Å². The van der Waals surface area contributed by atoms with Gasteiger partial charge < -0.3 is 10.1 Å². The molecule has 0 radical (unpaired) electrons. The molecule has 1 aromatic carbocycles. The van der Waals surface area contributed by atoms with Crippen LogP contribution < -0.4 is 15.2 Å². The quantitative estimate of drug-likeness (QED) is 0.771. The van der Waals surface area contributed by atoms with Crippen LogP contribution in [-0.4, -0.2) is 38.2 Å². The van der Waals surface area contributed by atoms with Crippen molar-refractivity contribution in [3.8, 4) is 5.88 Å². The fraction of sp³-hybridized carbons (Fsp3) is 0.214. The molecule has 0 saturated carbocycles. The molecule has 1 aromatic heterocycles. The molecule has 0 saturated heterocycles. The van der Waals surface area contributed by atoms with Gasteiger partial charge in [-0.25, -0.2) is 13.6 Å². The van der Waals surface area contributed by atoms with Crippen molar-refractivity contribution in [3.05, 3.63) is 47.7 Å². The molecule has 0 aliphatic carbocycles. The predicted octanol–water partition coefficient (Wildman–Crippen LogP) is 0.105. The van der Waals surface area contributed by atoms with Crippen molar-refractivity contribution in [2.45, 2.75) is 11.3 Å². The smallest absolute Gasteiger partial charge is 0.271 e. The Balaban J connectivity index is 1.87. The number of nitrogens with zero attached hydrogens (tertiary/aromatic N) is 2. The van der Waals surface area contributed by atoms with Gasteiger partial charge in [0.05, 0.1) is 12.0 Å². The molecule has 0 spiro atoms. The monoisotopic (exact) mass is 336 g/mol. The Hall–Kier alpha value is -2.52. The summed E-state index contributed by atoms with van der Waals surface area (Å²) in [5.74, 6) is -0.0159. The molecule has 2 rings (SSSR count). The van der Waals surface area contributed by atoms with Crippen molar-refractivity contribution in [1.82, 2.24) is 15.5 Å². The van der Waals surface area contributed by atoms with E-state index in [0.717, 1.165) is 5.56 Å². The van der Waals surface area contributed by atoms with Crippen LogP contribution in [0.15, 0.2) is 41.3 Å². The van der Waals surface area contributed by atoms with Crippen molar-refractivity contribution < 1.29 is 17.9 Å². The highest BCUT2D eigenvalue weighted by atomic mass is 32.2. The number of carbonyl (C=O) groups excluding carboxylic acids is 1. The van der Waals surface area contributed by atoms with Gasteiger partial charge in [0.1, 0.15) is 0 Å². The normalized spacial score (nSPS) is 11.0. The number of ether oxygens (including phenoxy) is 1. The number of methoxy groups -OCH3 is 1. The Labute approximate surface area is 133 Å². The van der Waals surface area contributed by atoms with Crippen LogP contribution in [0.4, 0.5) is 0 Å². The van der Waals surface area contributed by atoms with Crippen molar-refractivity contribution in [2.75, 3.05) is 13.7 Å². The molecule has 3 N–H and O–H groups in total. The number of hydrogen-bond acceptors (Lipinski definition) is 6. The van der Waals surface area contributed by atoms with Crippen LogP contribution in [0.3, 0.4) is 0 Å². The zero-order valence-electron chi connectivity index (χ0n) is 12.4. The highest BCUT2D eigenvalue weighted by Gasteiger charge is 2.09. The maximum atomic E-state index is 11.9. The summed E-state index contributed by atoms with van der Waals surface area (Å²) in [6, 6.07) is 9.23. The van der Waals surface area contributed by atoms with Crippen molar-refractivity contribution in [3.63, 3.8) is 0 Å². The summed E-state index contributed by atoms with van der Waals surface area (Å²) in [4.78, 5) is 11.9. The minimum absolute atomic E-state index is 0.0544. The Morgan fingerprint density at radius 1 is 1.17 bits per heavy atom. The number of sulfonamides is 1. The van der Waals surface area contributed by atoms with E-state index in [1.807, 2.05) is 0 Å². The first-order valence-electron chi connectivity index (χ1n) is 6.68. The molecular weight excluding hydrogens is 320 g/mol. The van der Waals surface area contributed by atoms with Crippen LogP contribution in [0.25, 0.3) is 0 Å². The Bertz CT molecular complexity index is 773. The van der Waals surface area contributed by atoms with Gasteiger partial charge in [0, 0.05) is 12.6 Å². The van der Waals surface area contributed by atoms with Gasteiger partial charge in [-0.05, 0) is 30.2 Å². The van der Waals surface area contributed by atoms with E-state index in [1.54, 1.807) is 18.2 Å². The van der Waals surface area contributed by atoms with E-state index in [1.165, 1.54) is 25.3 Å². The van der Waals surface area contributed by atoms with Crippen LogP contribution in [0.2, 0.25) is 0 Å². The first-order chi connectivity index (χ1) is 10.9. The van der Waals surface area contributed by atoms with Gasteiger partial charge in [-0.2, -0.15) is 0 Å². The number of primary sulfonamides is 1. The van der Waals surface area contributed by atoms with E-state index in [-0.39, 0.29) is 16.5 Å². The zero-order valence-corrected chi connectivity index (χ0v) is 13.2. The minimum Gasteiger partial charge on any atom is -0.480 e. The van der Waals surface area contributed by atoms with Gasteiger partial charge in [-0.15, -0.1) is 10.2 Å². The highest BCUT2D eigenvalue weighted by Crippen LogP contribution is 2.09. The van der Waals surface area contributed by atoms with E-state index < -0.39 is 10.0 Å². The molecule has 8 nitrogen and oxygen atoms in total. The lowest BCUT2D eigenvalue weighted by Gasteiger charge is -2.06. The van der Waals surface area contributed by atoms with E-state index in [4.69, 9.17) is 9.88 Å². The van der Waals surface area contributed by atoms with E-state index >= 15 is 0 Å². The number of carbonyl (C=O) groups is 1. The van der Waals surface area contributed by atoms with Crippen molar-refractivity contribution in [1.29, 1.82) is 0 Å². The molecule has 2 aromatic rings. The number of nitrogens with one attached hydrogen (secondary N) is 1. The third-order valence-corrected chi connectivity index (χ3v) is 3.96. The number of hydrogen-bond donors (Lipinski definition) is 2. The molecule has 0 bridgehead atoms. The van der Waals surface area contributed by atoms with Crippen LogP contribution in [-0.2, 0) is 16.4 Å². The Morgan fingerprint density at radius 2 is 1.87 bits per heavy atom. The van der Waals surface area contributed by atoms with Crippen LogP contribution in [0, 0.1) is 0 Å². The van der Waals surface area contributed by atoms with Crippen LogP contribution >= 0.6 is 0 Å². The molecule has 0 fully saturated rings. The second-order valence-corrected chi connectivity index (χ2v) is 6.22. The molecule has 0 aliphatic rings. The van der Waals surface area contributed by atoms with Crippen LogP contribution in [0.5, 0.6) is 5.88 Å². The minimum atomic E-state index is -3.69.